The molecular formula is C16H18ClNO2. The molecule has 0 aliphatic rings. The molecule has 106 valence electrons. The van der Waals surface area contributed by atoms with Crippen LogP contribution in [0, 0.1) is 0 Å². The standard InChI is InChI=1S/C16H18ClNO2/c1-18-10-13-9-15(19-2)6-7-16(13)20-11-12-4-3-5-14(17)8-12/h3-9,18H,10-11H2,1-2H3. The van der Waals surface area contributed by atoms with Gasteiger partial charge in [-0.05, 0) is 42.9 Å². The van der Waals surface area contributed by atoms with Gasteiger partial charge in [-0.1, -0.05) is 23.7 Å². The molecule has 2 aromatic carbocycles. The maximum Gasteiger partial charge on any atom is 0.124 e. The number of rotatable bonds is 6. The average molecular weight is 292 g/mol. The minimum atomic E-state index is 0.490. The maximum atomic E-state index is 5.97. The van der Waals surface area contributed by atoms with Gasteiger partial charge < -0.3 is 14.8 Å². The molecule has 0 saturated heterocycles. The summed E-state index contributed by atoms with van der Waals surface area (Å²) in [4.78, 5) is 0. The van der Waals surface area contributed by atoms with Crippen LogP contribution in [0.2, 0.25) is 5.02 Å². The molecule has 0 heterocycles. The SMILES string of the molecule is CNCc1cc(OC)ccc1OCc1cccc(Cl)c1. The fourth-order valence-electron chi connectivity index (χ4n) is 1.94. The zero-order chi connectivity index (χ0) is 14.4. The highest BCUT2D eigenvalue weighted by Crippen LogP contribution is 2.25. The van der Waals surface area contributed by atoms with Gasteiger partial charge >= 0.3 is 0 Å². The first kappa shape index (κ1) is 14.7. The lowest BCUT2D eigenvalue weighted by Crippen LogP contribution is -2.08. The van der Waals surface area contributed by atoms with E-state index < -0.39 is 0 Å². The average Bonchev–Trinajstić information content (AvgIpc) is 2.46. The molecular weight excluding hydrogens is 274 g/mol. The Balaban J connectivity index is 2.12. The fraction of sp³-hybridized carbons (Fsp3) is 0.250. The Morgan fingerprint density at radius 3 is 2.70 bits per heavy atom. The number of hydrogen-bond acceptors (Lipinski definition) is 3. The molecule has 2 rings (SSSR count). The molecule has 2 aromatic rings. The van der Waals surface area contributed by atoms with Crippen molar-refractivity contribution in [2.45, 2.75) is 13.2 Å². The van der Waals surface area contributed by atoms with Crippen molar-refractivity contribution in [3.63, 3.8) is 0 Å². The van der Waals surface area contributed by atoms with E-state index in [1.54, 1.807) is 7.11 Å². The van der Waals surface area contributed by atoms with Gasteiger partial charge in [0.25, 0.3) is 0 Å². The summed E-state index contributed by atoms with van der Waals surface area (Å²) < 4.78 is 11.1. The van der Waals surface area contributed by atoms with E-state index >= 15 is 0 Å². The molecule has 3 nitrogen and oxygen atoms in total. The lowest BCUT2D eigenvalue weighted by molar-refractivity contribution is 0.301. The Hall–Kier alpha value is -1.71. The molecule has 0 spiro atoms. The van der Waals surface area contributed by atoms with Crippen molar-refractivity contribution in [3.8, 4) is 11.5 Å². The molecule has 0 aromatic heterocycles. The largest absolute Gasteiger partial charge is 0.497 e. The highest BCUT2D eigenvalue weighted by Gasteiger charge is 2.06. The monoisotopic (exact) mass is 291 g/mol. The molecule has 0 aliphatic heterocycles. The van der Waals surface area contributed by atoms with Gasteiger partial charge in [0.05, 0.1) is 7.11 Å². The molecule has 4 heteroatoms. The van der Waals surface area contributed by atoms with Gasteiger partial charge in [-0.2, -0.15) is 0 Å². The highest BCUT2D eigenvalue weighted by molar-refractivity contribution is 6.30. The van der Waals surface area contributed by atoms with Crippen molar-refractivity contribution >= 4 is 11.6 Å². The summed E-state index contributed by atoms with van der Waals surface area (Å²) in [5.74, 6) is 1.67. The quantitative estimate of drug-likeness (QED) is 0.881. The van der Waals surface area contributed by atoms with Crippen molar-refractivity contribution < 1.29 is 9.47 Å². The van der Waals surface area contributed by atoms with Crippen LogP contribution in [0.5, 0.6) is 11.5 Å². The number of ether oxygens (including phenoxy) is 2. The number of nitrogens with one attached hydrogen (secondary N) is 1. The van der Waals surface area contributed by atoms with Crippen molar-refractivity contribution in [3.05, 3.63) is 58.6 Å². The minimum Gasteiger partial charge on any atom is -0.497 e. The lowest BCUT2D eigenvalue weighted by atomic mass is 10.2. The zero-order valence-electron chi connectivity index (χ0n) is 11.7. The van der Waals surface area contributed by atoms with Crippen LogP contribution in [0.3, 0.4) is 0 Å². The van der Waals surface area contributed by atoms with Gasteiger partial charge in [-0.25, -0.2) is 0 Å². The molecule has 0 aliphatic carbocycles. The van der Waals surface area contributed by atoms with Crippen LogP contribution in [-0.4, -0.2) is 14.2 Å². The Kier molecular flexibility index (Phi) is 5.27. The second-order valence-corrected chi connectivity index (χ2v) is 4.86. The van der Waals surface area contributed by atoms with Gasteiger partial charge in [0, 0.05) is 17.1 Å². The molecule has 0 fully saturated rings. The number of benzene rings is 2. The van der Waals surface area contributed by atoms with Crippen LogP contribution < -0.4 is 14.8 Å². The van der Waals surface area contributed by atoms with Crippen molar-refractivity contribution in [1.82, 2.24) is 5.32 Å². The number of hydrogen-bond donors (Lipinski definition) is 1. The lowest BCUT2D eigenvalue weighted by Gasteiger charge is -2.13. The third-order valence-electron chi connectivity index (χ3n) is 2.92. The fourth-order valence-corrected chi connectivity index (χ4v) is 2.15. The van der Waals surface area contributed by atoms with Gasteiger partial charge in [-0.15, -0.1) is 0 Å². The Bertz CT molecular complexity index is 572. The molecule has 0 radical (unpaired) electrons. The van der Waals surface area contributed by atoms with Gasteiger partial charge in [0.1, 0.15) is 18.1 Å². The van der Waals surface area contributed by atoms with Crippen molar-refractivity contribution in [2.24, 2.45) is 0 Å². The summed E-state index contributed by atoms with van der Waals surface area (Å²) in [5, 5.41) is 3.85. The second-order valence-electron chi connectivity index (χ2n) is 4.42. The minimum absolute atomic E-state index is 0.490. The molecule has 0 saturated carbocycles. The van der Waals surface area contributed by atoms with Crippen LogP contribution >= 0.6 is 11.6 Å². The molecule has 0 unspecified atom stereocenters. The summed E-state index contributed by atoms with van der Waals surface area (Å²) in [6.45, 7) is 1.21. The summed E-state index contributed by atoms with van der Waals surface area (Å²) >= 11 is 5.97. The van der Waals surface area contributed by atoms with Crippen molar-refractivity contribution in [2.75, 3.05) is 14.2 Å². The summed E-state index contributed by atoms with van der Waals surface area (Å²) in [6.07, 6.45) is 0. The first-order valence-electron chi connectivity index (χ1n) is 6.41. The van der Waals surface area contributed by atoms with E-state index in [1.807, 2.05) is 49.5 Å². The predicted molar refractivity (Wildman–Crippen MR) is 81.5 cm³/mol. The molecule has 1 N–H and O–H groups in total. The van der Waals surface area contributed by atoms with Crippen LogP contribution in [0.4, 0.5) is 0 Å². The molecule has 0 atom stereocenters. The summed E-state index contributed by atoms with van der Waals surface area (Å²) in [6, 6.07) is 13.5. The van der Waals surface area contributed by atoms with E-state index in [4.69, 9.17) is 21.1 Å². The second kappa shape index (κ2) is 7.17. The molecule has 0 bridgehead atoms. The van der Waals surface area contributed by atoms with E-state index in [-0.39, 0.29) is 0 Å². The van der Waals surface area contributed by atoms with E-state index in [1.165, 1.54) is 0 Å². The van der Waals surface area contributed by atoms with Gasteiger partial charge in [-0.3, -0.25) is 0 Å². The van der Waals surface area contributed by atoms with E-state index in [0.29, 0.717) is 6.61 Å². The highest BCUT2D eigenvalue weighted by atomic mass is 35.5. The molecule has 20 heavy (non-hydrogen) atoms. The van der Waals surface area contributed by atoms with Crippen LogP contribution in [-0.2, 0) is 13.2 Å². The van der Waals surface area contributed by atoms with Gasteiger partial charge in [0.15, 0.2) is 0 Å². The van der Waals surface area contributed by atoms with E-state index in [9.17, 15) is 0 Å². The Morgan fingerprint density at radius 2 is 2.00 bits per heavy atom. The normalized spacial score (nSPS) is 10.3. The third-order valence-corrected chi connectivity index (χ3v) is 3.15. The topological polar surface area (TPSA) is 30.5 Å². The Morgan fingerprint density at radius 1 is 1.15 bits per heavy atom. The number of halogens is 1. The van der Waals surface area contributed by atoms with Crippen LogP contribution in [0.1, 0.15) is 11.1 Å². The summed E-state index contributed by atoms with van der Waals surface area (Å²) in [5.41, 5.74) is 2.11. The van der Waals surface area contributed by atoms with Crippen LogP contribution in [0.25, 0.3) is 0 Å². The smallest absolute Gasteiger partial charge is 0.124 e. The third kappa shape index (κ3) is 3.89. The molecule has 0 amide bonds. The zero-order valence-corrected chi connectivity index (χ0v) is 12.4. The van der Waals surface area contributed by atoms with E-state index in [0.717, 1.165) is 34.2 Å². The van der Waals surface area contributed by atoms with Gasteiger partial charge in [0.2, 0.25) is 0 Å². The van der Waals surface area contributed by atoms with E-state index in [2.05, 4.69) is 5.32 Å². The van der Waals surface area contributed by atoms with Crippen molar-refractivity contribution in [1.29, 1.82) is 0 Å². The maximum absolute atomic E-state index is 5.97. The summed E-state index contributed by atoms with van der Waals surface area (Å²) in [7, 11) is 3.56. The van der Waals surface area contributed by atoms with Crippen LogP contribution in [0.15, 0.2) is 42.5 Å². The first-order valence-corrected chi connectivity index (χ1v) is 6.79. The number of methoxy groups -OCH3 is 1. The first-order chi connectivity index (χ1) is 9.72. The Labute approximate surface area is 124 Å². The predicted octanol–water partition coefficient (Wildman–Crippen LogP) is 3.65.